The summed E-state index contributed by atoms with van der Waals surface area (Å²) in [4.78, 5) is 122. The number of nitroso groups, excluding NO2 is 1. The lowest BCUT2D eigenvalue weighted by Gasteiger charge is -2.31. The standard InChI is InChI=1S/C39H56N10O11S/c1-5-19(3)31(36(57)42-16-30(52)53)47-29(51)15-41-34(55)27-14-23-22-9-7-8-10-25(22)46-38(23)61-18-24(40)33(54)44-26(11-12-43-60)39(59)49-17-21(50)13-28(49)35(56)48-32(20(4)6-2)37(58)45-27/h7-10,19-21,24,26-28,31-32,46,50H,5-6,11-18,40H2,1-4H3,(H,41,55)(H,42,57)(H,44,54)(H,45,58)(H,47,51)(H,48,56)(H,52,53)/t19-,20-,21+,24-,26-,27-,28-,31-,32-/m0/s1. The highest BCUT2D eigenvalue weighted by molar-refractivity contribution is 7.99. The molecule has 334 valence electrons. The molecule has 2 aliphatic heterocycles. The van der Waals surface area contributed by atoms with Crippen molar-refractivity contribution in [1.82, 2.24) is 41.8 Å². The molecule has 21 nitrogen and oxygen atoms in total. The molecule has 3 heterocycles. The van der Waals surface area contributed by atoms with Crippen LogP contribution in [0.3, 0.4) is 0 Å². The molecule has 4 rings (SSSR count). The molecule has 1 saturated heterocycles. The molecular formula is C39H56N10O11S. The van der Waals surface area contributed by atoms with Crippen molar-refractivity contribution < 1.29 is 48.6 Å². The minimum atomic E-state index is -1.37. The van der Waals surface area contributed by atoms with E-state index >= 15 is 0 Å². The van der Waals surface area contributed by atoms with Crippen LogP contribution in [-0.2, 0) is 44.8 Å². The number of fused-ring (bicyclic) bond motifs is 4. The number of aromatic amines is 1. The van der Waals surface area contributed by atoms with Crippen LogP contribution in [0.15, 0.2) is 34.5 Å². The Hall–Kier alpha value is -5.61. The first-order chi connectivity index (χ1) is 29.0. The van der Waals surface area contributed by atoms with Gasteiger partial charge >= 0.3 is 5.97 Å². The summed E-state index contributed by atoms with van der Waals surface area (Å²) in [6.07, 6.45) is -0.833. The average molecular weight is 873 g/mol. The van der Waals surface area contributed by atoms with E-state index in [1.54, 1.807) is 52.0 Å². The lowest BCUT2D eigenvalue weighted by Crippen LogP contribution is -2.60. The van der Waals surface area contributed by atoms with Gasteiger partial charge < -0.3 is 57.7 Å². The normalized spacial score (nSPS) is 24.3. The van der Waals surface area contributed by atoms with E-state index < -0.39 is 115 Å². The van der Waals surface area contributed by atoms with Crippen LogP contribution in [0.1, 0.15) is 58.9 Å². The summed E-state index contributed by atoms with van der Waals surface area (Å²) in [5.74, 6) is -7.54. The number of nitrogens with two attached hydrogens (primary N) is 1. The van der Waals surface area contributed by atoms with Crippen molar-refractivity contribution in [1.29, 1.82) is 0 Å². The van der Waals surface area contributed by atoms with Gasteiger partial charge in [-0.15, -0.1) is 11.8 Å². The minimum absolute atomic E-state index is 0.0389. The second-order valence-corrected chi connectivity index (χ2v) is 16.4. The number of benzene rings is 1. The summed E-state index contributed by atoms with van der Waals surface area (Å²) in [6.45, 7) is 5.06. The van der Waals surface area contributed by atoms with E-state index in [9.17, 15) is 48.4 Å². The maximum Gasteiger partial charge on any atom is 0.322 e. The van der Waals surface area contributed by atoms with Crippen molar-refractivity contribution in [3.8, 4) is 0 Å². The Bertz CT molecular complexity index is 1960. The van der Waals surface area contributed by atoms with Crippen molar-refractivity contribution >= 4 is 70.0 Å². The number of thioether (sulfide) groups is 1. The predicted molar refractivity (Wildman–Crippen MR) is 222 cm³/mol. The largest absolute Gasteiger partial charge is 0.480 e. The molecule has 2 aromatic rings. The number of H-pyrrole nitrogens is 1. The first-order valence-corrected chi connectivity index (χ1v) is 21.2. The number of hydrogen-bond acceptors (Lipinski definition) is 13. The monoisotopic (exact) mass is 872 g/mol. The summed E-state index contributed by atoms with van der Waals surface area (Å²) in [5.41, 5.74) is 7.54. The predicted octanol–water partition coefficient (Wildman–Crippen LogP) is -1.39. The molecule has 0 spiro atoms. The van der Waals surface area contributed by atoms with E-state index in [0.29, 0.717) is 34.3 Å². The summed E-state index contributed by atoms with van der Waals surface area (Å²) in [6, 6.07) is -0.396. The van der Waals surface area contributed by atoms with Gasteiger partial charge in [0.25, 0.3) is 0 Å². The molecule has 11 N–H and O–H groups in total. The van der Waals surface area contributed by atoms with E-state index in [0.717, 1.165) is 16.7 Å². The lowest BCUT2D eigenvalue weighted by atomic mass is 9.96. The third-order valence-corrected chi connectivity index (χ3v) is 12.2. The molecule has 7 amide bonds. The van der Waals surface area contributed by atoms with Crippen LogP contribution in [0.5, 0.6) is 0 Å². The number of carboxylic acid groups (broad SMARTS) is 1. The molecule has 0 bridgehead atoms. The first-order valence-electron chi connectivity index (χ1n) is 20.2. The second-order valence-electron chi connectivity index (χ2n) is 15.4. The molecular weight excluding hydrogens is 817 g/mol. The maximum absolute atomic E-state index is 14.3. The van der Waals surface area contributed by atoms with E-state index in [-0.39, 0.29) is 38.1 Å². The van der Waals surface area contributed by atoms with Crippen LogP contribution in [0.2, 0.25) is 0 Å². The molecule has 2 aliphatic rings. The Morgan fingerprint density at radius 2 is 1.70 bits per heavy atom. The Morgan fingerprint density at radius 1 is 0.984 bits per heavy atom. The van der Waals surface area contributed by atoms with Gasteiger partial charge in [0.1, 0.15) is 36.8 Å². The van der Waals surface area contributed by atoms with Crippen molar-refractivity contribution in [3.63, 3.8) is 0 Å². The molecule has 1 aromatic carbocycles. The number of carboxylic acids is 1. The van der Waals surface area contributed by atoms with Crippen molar-refractivity contribution in [3.05, 3.63) is 34.7 Å². The summed E-state index contributed by atoms with van der Waals surface area (Å²) < 4.78 is 0. The van der Waals surface area contributed by atoms with Gasteiger partial charge in [0, 0.05) is 36.0 Å². The van der Waals surface area contributed by atoms with Gasteiger partial charge in [0.05, 0.1) is 30.3 Å². The number of nitrogens with one attached hydrogen (secondary N) is 7. The number of aliphatic carboxylic acids is 1. The van der Waals surface area contributed by atoms with Crippen molar-refractivity contribution in [2.75, 3.05) is 31.9 Å². The molecule has 0 radical (unpaired) electrons. The zero-order chi connectivity index (χ0) is 45.0. The number of rotatable bonds is 14. The molecule has 22 heteroatoms. The molecule has 0 unspecified atom stereocenters. The van der Waals surface area contributed by atoms with Gasteiger partial charge in [-0.2, -0.15) is 4.91 Å². The molecule has 1 aromatic heterocycles. The number of carbonyl (C=O) groups is 8. The fourth-order valence-electron chi connectivity index (χ4n) is 7.09. The number of nitrogens with zero attached hydrogens (tertiary/aromatic N) is 2. The van der Waals surface area contributed by atoms with Gasteiger partial charge in [-0.1, -0.05) is 63.9 Å². The fourth-order valence-corrected chi connectivity index (χ4v) is 8.14. The van der Waals surface area contributed by atoms with Crippen molar-refractivity contribution in [2.45, 2.75) is 107 Å². The Labute approximate surface area is 356 Å². The third kappa shape index (κ3) is 12.7. The first kappa shape index (κ1) is 48.1. The zero-order valence-corrected chi connectivity index (χ0v) is 35.3. The molecule has 61 heavy (non-hydrogen) atoms. The van der Waals surface area contributed by atoms with Gasteiger partial charge in [0.2, 0.25) is 41.4 Å². The molecule has 1 fully saturated rings. The van der Waals surface area contributed by atoms with Crippen LogP contribution >= 0.6 is 11.8 Å². The van der Waals surface area contributed by atoms with Crippen LogP contribution in [-0.4, -0.2) is 142 Å². The lowest BCUT2D eigenvalue weighted by molar-refractivity contribution is -0.142. The smallest absolute Gasteiger partial charge is 0.322 e. The highest BCUT2D eigenvalue weighted by Gasteiger charge is 2.43. The quantitative estimate of drug-likeness (QED) is 0.0980. The Balaban J connectivity index is 1.72. The number of aliphatic hydroxyl groups excluding tert-OH is 1. The molecule has 0 aliphatic carbocycles. The number of aliphatic hydroxyl groups is 1. The van der Waals surface area contributed by atoms with E-state index in [1.807, 2.05) is 0 Å². The van der Waals surface area contributed by atoms with E-state index in [2.05, 4.69) is 42.1 Å². The van der Waals surface area contributed by atoms with Crippen LogP contribution in [0.4, 0.5) is 0 Å². The van der Waals surface area contributed by atoms with Gasteiger partial charge in [-0.25, -0.2) is 0 Å². The topological polar surface area (TPSA) is 324 Å². The molecule has 0 saturated carbocycles. The highest BCUT2D eigenvalue weighted by atomic mass is 32.2. The van der Waals surface area contributed by atoms with Gasteiger partial charge in [-0.3, -0.25) is 38.4 Å². The van der Waals surface area contributed by atoms with Crippen LogP contribution in [0, 0.1) is 16.7 Å². The number of amides is 7. The number of aromatic nitrogens is 1. The van der Waals surface area contributed by atoms with Gasteiger partial charge in [0.15, 0.2) is 0 Å². The Morgan fingerprint density at radius 3 is 2.38 bits per heavy atom. The van der Waals surface area contributed by atoms with E-state index in [4.69, 9.17) is 10.8 Å². The summed E-state index contributed by atoms with van der Waals surface area (Å²) >= 11 is 1.15. The third-order valence-electron chi connectivity index (χ3n) is 11.0. The number of carbonyl (C=O) groups excluding carboxylic acids is 7. The molecule has 9 atom stereocenters. The number of para-hydroxylation sites is 1. The Kier molecular flexibility index (Phi) is 17.6. The van der Waals surface area contributed by atoms with Crippen LogP contribution < -0.4 is 37.6 Å². The average Bonchev–Trinajstić information content (AvgIpc) is 3.81. The zero-order valence-electron chi connectivity index (χ0n) is 34.5. The van der Waals surface area contributed by atoms with Crippen LogP contribution in [0.25, 0.3) is 10.9 Å². The van der Waals surface area contributed by atoms with E-state index in [1.165, 1.54) is 0 Å². The SMILES string of the molecule is CC[C@H](C)[C@H](NC(=O)CNC(=O)[C@@H]1Cc2c([nH]c3ccccc23)SC[C@H](N)C(=O)N[C@@H](CCN=O)C(=O)N2C[C@H](O)C[C@H]2C(=O)N[C@@H]([C@@H](C)CC)C(=O)N1)C(=O)NCC(=O)O. The highest BCUT2D eigenvalue weighted by Crippen LogP contribution is 2.31. The summed E-state index contributed by atoms with van der Waals surface area (Å²) in [7, 11) is 0. The maximum atomic E-state index is 14.3. The number of hydrogen-bond donors (Lipinski definition) is 10. The second kappa shape index (κ2) is 22.3. The van der Waals surface area contributed by atoms with Gasteiger partial charge in [-0.05, 0) is 29.9 Å². The summed E-state index contributed by atoms with van der Waals surface area (Å²) in [5, 5.41) is 39.0. The fraction of sp³-hybridized carbons (Fsp3) is 0.590. The van der Waals surface area contributed by atoms with Crippen molar-refractivity contribution in [2.24, 2.45) is 22.7 Å². The minimum Gasteiger partial charge on any atom is -0.480 e.